The van der Waals surface area contributed by atoms with Gasteiger partial charge in [0.15, 0.2) is 0 Å². The van der Waals surface area contributed by atoms with E-state index in [1.54, 1.807) is 0 Å². The summed E-state index contributed by atoms with van der Waals surface area (Å²) in [7, 11) is 0. The van der Waals surface area contributed by atoms with Crippen LogP contribution >= 0.6 is 22.6 Å². The van der Waals surface area contributed by atoms with Crippen molar-refractivity contribution in [3.05, 3.63) is 0 Å². The van der Waals surface area contributed by atoms with E-state index in [0.29, 0.717) is 0 Å². The van der Waals surface area contributed by atoms with Crippen LogP contribution in [0.2, 0.25) is 0 Å². The van der Waals surface area contributed by atoms with Gasteiger partial charge in [-0.05, 0) is 0 Å². The van der Waals surface area contributed by atoms with E-state index in [9.17, 15) is 14.7 Å². The Morgan fingerprint density at radius 2 is 2.12 bits per heavy atom. The number of aliphatic hydroxyl groups excluding tert-OH is 1. The van der Waals surface area contributed by atoms with Gasteiger partial charge in [-0.1, -0.05) is 0 Å². The number of halogens is 2. The van der Waals surface area contributed by atoms with Gasteiger partial charge >= 0.3 is 171 Å². The van der Waals surface area contributed by atoms with Crippen LogP contribution in [0.5, 0.6) is 0 Å². The van der Waals surface area contributed by atoms with Crippen LogP contribution in [0.25, 0.3) is 0 Å². The number of hydrogen-bond acceptors (Lipinski definition) is 7. The van der Waals surface area contributed by atoms with E-state index in [1.807, 2.05) is 20.8 Å². The van der Waals surface area contributed by atoms with Crippen LogP contribution in [0.3, 0.4) is 0 Å². The van der Waals surface area contributed by atoms with Crippen LogP contribution in [0.15, 0.2) is 0 Å². The molecule has 0 aromatic carbocycles. The van der Waals surface area contributed by atoms with Crippen molar-refractivity contribution >= 4 is 34.5 Å². The third-order valence-electron chi connectivity index (χ3n) is 5.38. The fraction of sp³-hybridized carbons (Fsp3) is 0.875. The van der Waals surface area contributed by atoms with Gasteiger partial charge in [-0.2, -0.15) is 0 Å². The third-order valence-corrected chi connectivity index (χ3v) is 10.0. The first-order chi connectivity index (χ1) is 11.7. The van der Waals surface area contributed by atoms with Crippen LogP contribution in [0.4, 0.5) is 0 Å². The maximum absolute atomic E-state index is 12.4. The van der Waals surface area contributed by atoms with E-state index in [1.165, 1.54) is 0 Å². The average Bonchev–Trinajstić information content (AvgIpc) is 3.13. The van der Waals surface area contributed by atoms with E-state index < -0.39 is 18.0 Å². The molecule has 9 heteroatoms. The summed E-state index contributed by atoms with van der Waals surface area (Å²) in [6, 6.07) is 0. The second-order valence-corrected chi connectivity index (χ2v) is 12.0. The van der Waals surface area contributed by atoms with Crippen LogP contribution in [0.1, 0.15) is 27.2 Å². The van der Waals surface area contributed by atoms with E-state index in [4.69, 9.17) is 14.2 Å². The van der Waals surface area contributed by atoms with Crippen molar-refractivity contribution in [2.45, 2.75) is 59.3 Å². The molecule has 7 nitrogen and oxygen atoms in total. The van der Waals surface area contributed by atoms with Crippen molar-refractivity contribution in [2.75, 3.05) is 0 Å². The van der Waals surface area contributed by atoms with Crippen molar-refractivity contribution in [2.24, 2.45) is 23.7 Å². The fourth-order valence-corrected chi connectivity index (χ4v) is 7.60. The molecule has 4 aliphatic rings. The van der Waals surface area contributed by atoms with Crippen molar-refractivity contribution < 1.29 is 50.4 Å². The van der Waals surface area contributed by atoms with Crippen LogP contribution in [-0.2, 0) is 23.8 Å². The first kappa shape index (κ1) is 18.6. The molecule has 0 aromatic heterocycles. The summed E-state index contributed by atoms with van der Waals surface area (Å²) in [5.74, 6) is -1.37. The molecule has 2 saturated heterocycles. The summed E-state index contributed by atoms with van der Waals surface area (Å²) in [5, 5.41) is 10.6. The minimum absolute atomic E-state index is 0.0117. The molecule has 0 amide bonds. The Morgan fingerprint density at radius 3 is 2.72 bits per heavy atom. The molecule has 4 rings (SSSR count). The predicted octanol–water partition coefficient (Wildman–Crippen LogP) is -2.42. The molecule has 9 unspecified atom stereocenters. The molecule has 2 bridgehead atoms. The van der Waals surface area contributed by atoms with Crippen molar-refractivity contribution in [3.63, 3.8) is 0 Å². The van der Waals surface area contributed by atoms with E-state index in [2.05, 4.69) is 26.1 Å². The number of fused-ring (bicyclic) bond motifs is 1. The molecule has 2 heterocycles. The van der Waals surface area contributed by atoms with E-state index in [0.717, 1.165) is 6.42 Å². The summed E-state index contributed by atoms with van der Waals surface area (Å²) < 4.78 is 20.3. The minimum atomic E-state index is -1.07. The maximum atomic E-state index is 12.4. The molecule has 25 heavy (non-hydrogen) atoms. The average molecular weight is 578 g/mol. The molecule has 2 N–H and O–H groups in total. The number of aliphatic hydroxyl groups is 1. The first-order valence-corrected chi connectivity index (χ1v) is 12.0. The summed E-state index contributed by atoms with van der Waals surface area (Å²) in [6.45, 7) is 5.59. The van der Waals surface area contributed by atoms with Crippen LogP contribution < -0.4 is 25.0 Å². The molecule has 0 radical (unpaired) electrons. The number of rotatable bonds is 5. The van der Waals surface area contributed by atoms with Gasteiger partial charge in [0.25, 0.3) is 0 Å². The van der Waals surface area contributed by atoms with Gasteiger partial charge in [0.2, 0.25) is 0 Å². The topological polar surface area (TPSA) is 104 Å². The molecule has 0 spiro atoms. The van der Waals surface area contributed by atoms with Gasteiger partial charge in [-0.25, -0.2) is 0 Å². The Morgan fingerprint density at radius 1 is 1.44 bits per heavy atom. The summed E-state index contributed by atoms with van der Waals surface area (Å²) >= 11 is 2.04. The normalized spacial score (nSPS) is 44.0. The zero-order chi connectivity index (χ0) is 18.1. The van der Waals surface area contributed by atoms with E-state index >= 15 is 0 Å². The molecule has 4 fully saturated rings. The Balaban J connectivity index is 1.52. The number of carbonyl (C=O) groups is 2. The Hall–Kier alpha value is 0.280. The number of alkyl halides is 2. The predicted molar refractivity (Wildman–Crippen MR) is 89.9 cm³/mol. The Bertz CT molecular complexity index is 592. The van der Waals surface area contributed by atoms with Gasteiger partial charge in [-0.15, -0.1) is 0 Å². The third kappa shape index (κ3) is 3.32. The van der Waals surface area contributed by atoms with E-state index in [-0.39, 0.29) is 71.2 Å². The van der Waals surface area contributed by atoms with Crippen LogP contribution in [0, 0.1) is 23.7 Å². The monoisotopic (exact) mass is 578 g/mol. The zero-order valence-corrected chi connectivity index (χ0v) is 18.5. The molecule has 2 aliphatic heterocycles. The number of carbonyl (C=O) groups excluding carboxylic acids is 2. The zero-order valence-electron chi connectivity index (χ0n) is 14.1. The summed E-state index contributed by atoms with van der Waals surface area (Å²) in [4.78, 5) is 24.8. The molecular weight excluding hydrogens is 556 g/mol. The molecule has 0 aromatic rings. The Labute approximate surface area is 170 Å². The number of hydrogen-bond donors (Lipinski definition) is 2. The van der Waals surface area contributed by atoms with Gasteiger partial charge < -0.3 is 0 Å². The van der Waals surface area contributed by atoms with Gasteiger partial charge in [0, 0.05) is 0 Å². The van der Waals surface area contributed by atoms with Gasteiger partial charge in [0.1, 0.15) is 0 Å². The van der Waals surface area contributed by atoms with Crippen molar-refractivity contribution in [1.82, 2.24) is 3.53 Å². The molecule has 9 atom stereocenters. The van der Waals surface area contributed by atoms with Crippen LogP contribution in [-0.4, -0.2) is 49.1 Å². The van der Waals surface area contributed by atoms with Gasteiger partial charge in [-0.3, -0.25) is 0 Å². The fourth-order valence-electron chi connectivity index (χ4n) is 4.50. The Kier molecular flexibility index (Phi) is 4.78. The first-order valence-electron chi connectivity index (χ1n) is 8.46. The van der Waals surface area contributed by atoms with Crippen molar-refractivity contribution in [1.29, 1.82) is 0 Å². The second-order valence-electron chi connectivity index (χ2n) is 8.11. The summed E-state index contributed by atoms with van der Waals surface area (Å²) in [6.07, 6.45) is -1.18. The number of ether oxygens (including phenoxy) is 3. The van der Waals surface area contributed by atoms with Gasteiger partial charge in [0.05, 0.1) is 0 Å². The molecule has 2 saturated carbocycles. The second kappa shape index (κ2) is 6.42. The molecule has 2 aliphatic carbocycles. The molecular formula is C16H22I2NO6-. The standard InChI is InChI=1S/C16H22I2NO6/c1-16(2,3)25-14(21)8-6-4-5-7(8)13(20)23-10(5)11(6)24-15(22)9(17)12-18-19-12/h5-12,14,19,21H,4H2,1-3H3/q-1. The van der Waals surface area contributed by atoms with Crippen molar-refractivity contribution in [3.8, 4) is 0 Å². The number of esters is 2. The quantitative estimate of drug-likeness (QED) is 0.0713. The SMILES string of the molecule is CC(C)(C)OC(O)C1C2CC3C(OC(=O)C31)C2OC(=O)C(I)C1N[I-]1. The number of nitrogens with one attached hydrogen (secondary N) is 1. The summed E-state index contributed by atoms with van der Waals surface area (Å²) in [5.41, 5.74) is -0.524. The molecule has 142 valence electrons.